The fraction of sp³-hybridized carbons (Fsp3) is 0.304. The quantitative estimate of drug-likeness (QED) is 0.309. The van der Waals surface area contributed by atoms with E-state index in [2.05, 4.69) is 0 Å². The summed E-state index contributed by atoms with van der Waals surface area (Å²) in [6.45, 7) is 3.04. The van der Waals surface area contributed by atoms with Gasteiger partial charge in [0, 0.05) is 25.8 Å². The molecule has 6 nitrogen and oxygen atoms in total. The van der Waals surface area contributed by atoms with Crippen LogP contribution >= 0.6 is 0 Å². The summed E-state index contributed by atoms with van der Waals surface area (Å²) >= 11 is 0. The van der Waals surface area contributed by atoms with E-state index in [1.807, 2.05) is 6.92 Å². The number of aliphatic hydroxyl groups excluding tert-OH is 1. The molecule has 0 aromatic heterocycles. The van der Waals surface area contributed by atoms with Crippen LogP contribution in [0.1, 0.15) is 30.5 Å². The van der Waals surface area contributed by atoms with E-state index in [0.29, 0.717) is 36.5 Å². The van der Waals surface area contributed by atoms with E-state index in [0.717, 1.165) is 0 Å². The fourth-order valence-corrected chi connectivity index (χ4v) is 3.51. The zero-order valence-corrected chi connectivity index (χ0v) is 16.9. The molecule has 0 spiro atoms. The molecule has 30 heavy (non-hydrogen) atoms. The lowest BCUT2D eigenvalue weighted by atomic mass is 9.95. The maximum absolute atomic E-state index is 13.5. The zero-order chi connectivity index (χ0) is 21.7. The van der Waals surface area contributed by atoms with Crippen LogP contribution in [0.3, 0.4) is 0 Å². The van der Waals surface area contributed by atoms with Crippen molar-refractivity contribution in [3.05, 3.63) is 71.0 Å². The molecule has 0 radical (unpaired) electrons. The maximum Gasteiger partial charge on any atom is 0.295 e. The Morgan fingerprint density at radius 2 is 1.77 bits per heavy atom. The number of methoxy groups -OCH3 is 1. The molecule has 1 amide bonds. The van der Waals surface area contributed by atoms with Crippen molar-refractivity contribution in [3.63, 3.8) is 0 Å². The number of benzene rings is 2. The van der Waals surface area contributed by atoms with Gasteiger partial charge in [0.25, 0.3) is 11.7 Å². The summed E-state index contributed by atoms with van der Waals surface area (Å²) in [6, 6.07) is 11.4. The number of rotatable bonds is 8. The van der Waals surface area contributed by atoms with Crippen LogP contribution in [0, 0.1) is 5.82 Å². The summed E-state index contributed by atoms with van der Waals surface area (Å²) in [5, 5.41) is 10.9. The smallest absolute Gasteiger partial charge is 0.295 e. The predicted octanol–water partition coefficient (Wildman–Crippen LogP) is 3.68. The minimum Gasteiger partial charge on any atom is -0.507 e. The topological polar surface area (TPSA) is 76.1 Å². The van der Waals surface area contributed by atoms with Crippen molar-refractivity contribution in [2.45, 2.75) is 19.4 Å². The predicted molar refractivity (Wildman–Crippen MR) is 110 cm³/mol. The summed E-state index contributed by atoms with van der Waals surface area (Å²) in [5.41, 5.74) is 0.911. The van der Waals surface area contributed by atoms with Gasteiger partial charge in [-0.2, -0.15) is 0 Å². The van der Waals surface area contributed by atoms with Gasteiger partial charge < -0.3 is 19.5 Å². The van der Waals surface area contributed by atoms with E-state index < -0.39 is 23.5 Å². The molecule has 158 valence electrons. The van der Waals surface area contributed by atoms with Gasteiger partial charge >= 0.3 is 0 Å². The first-order chi connectivity index (χ1) is 14.5. The third-order valence-electron chi connectivity index (χ3n) is 4.91. The normalized spacial score (nSPS) is 18.1. The van der Waals surface area contributed by atoms with Gasteiger partial charge in [0.2, 0.25) is 0 Å². The number of halogens is 1. The third-order valence-corrected chi connectivity index (χ3v) is 4.91. The van der Waals surface area contributed by atoms with Crippen molar-refractivity contribution in [1.29, 1.82) is 0 Å². The van der Waals surface area contributed by atoms with Crippen LogP contribution in [0.5, 0.6) is 5.75 Å². The van der Waals surface area contributed by atoms with Crippen LogP contribution in [0.2, 0.25) is 0 Å². The Morgan fingerprint density at radius 3 is 2.37 bits per heavy atom. The van der Waals surface area contributed by atoms with Crippen molar-refractivity contribution in [2.75, 3.05) is 26.9 Å². The summed E-state index contributed by atoms with van der Waals surface area (Å²) in [4.78, 5) is 27.0. The van der Waals surface area contributed by atoms with Crippen molar-refractivity contribution in [3.8, 4) is 5.75 Å². The number of aliphatic hydroxyl groups is 1. The van der Waals surface area contributed by atoms with Gasteiger partial charge in [0.1, 0.15) is 17.3 Å². The van der Waals surface area contributed by atoms with Gasteiger partial charge in [-0.05, 0) is 55.3 Å². The summed E-state index contributed by atoms with van der Waals surface area (Å²) in [5.74, 6) is -1.55. The summed E-state index contributed by atoms with van der Waals surface area (Å²) < 4.78 is 23.9. The Morgan fingerprint density at radius 1 is 1.10 bits per heavy atom. The average molecular weight is 413 g/mol. The Bertz CT molecular complexity index is 937. The lowest BCUT2D eigenvalue weighted by Gasteiger charge is -2.25. The molecule has 2 aromatic rings. The van der Waals surface area contributed by atoms with Gasteiger partial charge in [0.15, 0.2) is 0 Å². The third kappa shape index (κ3) is 4.36. The van der Waals surface area contributed by atoms with Crippen molar-refractivity contribution in [1.82, 2.24) is 4.90 Å². The van der Waals surface area contributed by atoms with E-state index in [1.165, 1.54) is 29.2 Å². The summed E-state index contributed by atoms with van der Waals surface area (Å²) in [6.07, 6.45) is 0.518. The van der Waals surface area contributed by atoms with Gasteiger partial charge in [-0.1, -0.05) is 12.1 Å². The number of hydrogen-bond acceptors (Lipinski definition) is 5. The Hall–Kier alpha value is -3.19. The molecule has 1 saturated heterocycles. The molecule has 0 bridgehead atoms. The molecule has 1 fully saturated rings. The van der Waals surface area contributed by atoms with E-state index in [4.69, 9.17) is 9.47 Å². The first-order valence-electron chi connectivity index (χ1n) is 9.74. The minimum atomic E-state index is -0.811. The van der Waals surface area contributed by atoms with Crippen LogP contribution in [0.25, 0.3) is 5.76 Å². The highest BCUT2D eigenvalue weighted by molar-refractivity contribution is 6.46. The molecule has 1 heterocycles. The van der Waals surface area contributed by atoms with Crippen LogP contribution < -0.4 is 4.74 Å². The molecule has 0 aliphatic carbocycles. The molecule has 2 aromatic carbocycles. The zero-order valence-electron chi connectivity index (χ0n) is 16.9. The summed E-state index contributed by atoms with van der Waals surface area (Å²) in [7, 11) is 1.55. The van der Waals surface area contributed by atoms with Crippen LogP contribution in [-0.4, -0.2) is 48.6 Å². The molecule has 7 heteroatoms. The standard InChI is InChI=1S/C23H24FNO5/c1-3-30-18-11-7-16(8-12-18)21(26)19-20(15-5-9-17(24)10-6-15)25(13-4-14-29-2)23(28)22(19)27/h5-12,20,26H,3-4,13-14H2,1-2H3/t20-/m1/s1. The number of Topliss-reactive ketones (excluding diaryl/α,β-unsaturated/α-hetero) is 1. The number of ether oxygens (including phenoxy) is 2. The number of hydrogen-bond donors (Lipinski definition) is 1. The van der Waals surface area contributed by atoms with Crippen molar-refractivity contribution >= 4 is 17.4 Å². The Labute approximate surface area is 174 Å². The first-order valence-corrected chi connectivity index (χ1v) is 9.74. The number of carbonyl (C=O) groups is 2. The van der Waals surface area contributed by atoms with E-state index in [-0.39, 0.29) is 17.9 Å². The highest BCUT2D eigenvalue weighted by Gasteiger charge is 2.45. The largest absolute Gasteiger partial charge is 0.507 e. The van der Waals surface area contributed by atoms with Crippen LogP contribution in [0.4, 0.5) is 4.39 Å². The Balaban J connectivity index is 2.06. The lowest BCUT2D eigenvalue weighted by molar-refractivity contribution is -0.140. The number of likely N-dealkylation sites (tertiary alicyclic amines) is 1. The van der Waals surface area contributed by atoms with Crippen LogP contribution in [0.15, 0.2) is 54.1 Å². The minimum absolute atomic E-state index is 0.0202. The number of nitrogens with zero attached hydrogens (tertiary/aromatic N) is 1. The average Bonchev–Trinajstić information content (AvgIpc) is 3.00. The van der Waals surface area contributed by atoms with E-state index in [9.17, 15) is 19.1 Å². The molecule has 1 aliphatic heterocycles. The van der Waals surface area contributed by atoms with Gasteiger partial charge in [-0.3, -0.25) is 9.59 Å². The van der Waals surface area contributed by atoms with Crippen LogP contribution in [-0.2, 0) is 14.3 Å². The van der Waals surface area contributed by atoms with E-state index >= 15 is 0 Å². The fourth-order valence-electron chi connectivity index (χ4n) is 3.51. The van der Waals surface area contributed by atoms with Gasteiger partial charge in [0.05, 0.1) is 18.2 Å². The molecule has 1 aliphatic rings. The molecule has 0 saturated carbocycles. The van der Waals surface area contributed by atoms with E-state index in [1.54, 1.807) is 31.4 Å². The lowest BCUT2D eigenvalue weighted by Crippen LogP contribution is -2.31. The molecule has 3 rings (SSSR count). The monoisotopic (exact) mass is 413 g/mol. The molecule has 0 unspecified atom stereocenters. The highest BCUT2D eigenvalue weighted by Crippen LogP contribution is 2.39. The Kier molecular flexibility index (Phi) is 6.84. The van der Waals surface area contributed by atoms with Crippen molar-refractivity contribution in [2.24, 2.45) is 0 Å². The second kappa shape index (κ2) is 9.54. The second-order valence-corrected chi connectivity index (χ2v) is 6.85. The first kappa shape index (κ1) is 21.5. The van der Waals surface area contributed by atoms with Crippen molar-refractivity contribution < 1.29 is 28.6 Å². The molecule has 1 N–H and O–H groups in total. The van der Waals surface area contributed by atoms with Gasteiger partial charge in [-0.25, -0.2) is 4.39 Å². The number of carbonyl (C=O) groups excluding carboxylic acids is 2. The maximum atomic E-state index is 13.5. The molecular formula is C23H24FNO5. The number of amides is 1. The highest BCUT2D eigenvalue weighted by atomic mass is 19.1. The second-order valence-electron chi connectivity index (χ2n) is 6.85. The molecule has 1 atom stereocenters. The SMILES string of the molecule is CCOc1ccc(C(O)=C2C(=O)C(=O)N(CCCOC)[C@@H]2c2ccc(F)cc2)cc1. The van der Waals surface area contributed by atoms with Gasteiger partial charge in [-0.15, -0.1) is 0 Å². The number of ketones is 1. The molecular weight excluding hydrogens is 389 g/mol.